The van der Waals surface area contributed by atoms with Gasteiger partial charge in [0.1, 0.15) is 31.4 Å². The molecule has 104 valence electrons. The highest BCUT2D eigenvalue weighted by Gasteiger charge is 2.38. The summed E-state index contributed by atoms with van der Waals surface area (Å²) in [4.78, 5) is 20.2. The number of rotatable bonds is 7. The number of ether oxygens (including phenoxy) is 2. The zero-order valence-electron chi connectivity index (χ0n) is 9.58. The van der Waals surface area contributed by atoms with Gasteiger partial charge in [0.25, 0.3) is 0 Å². The molecule has 0 aliphatic carbocycles. The summed E-state index contributed by atoms with van der Waals surface area (Å²) < 4.78 is 10.4. The van der Waals surface area contributed by atoms with Crippen LogP contribution in [-0.2, 0) is 9.47 Å². The summed E-state index contributed by atoms with van der Waals surface area (Å²) in [5.41, 5.74) is 0. The Morgan fingerprint density at radius 3 is 2.61 bits per heavy atom. The maximum Gasteiger partial charge on any atom is 0.161 e. The zero-order valence-corrected chi connectivity index (χ0v) is 9.58. The van der Waals surface area contributed by atoms with Crippen LogP contribution in [0.4, 0.5) is 0 Å². The number of aliphatic hydroxyl groups is 3. The third-order valence-electron chi connectivity index (χ3n) is 2.62. The summed E-state index contributed by atoms with van der Waals surface area (Å²) in [7, 11) is 0. The molecule has 9 heteroatoms. The Bertz CT molecular complexity index is 276. The van der Waals surface area contributed by atoms with E-state index in [0.717, 1.165) is 0 Å². The summed E-state index contributed by atoms with van der Waals surface area (Å²) in [6.07, 6.45) is -5.14. The van der Waals surface area contributed by atoms with Crippen molar-refractivity contribution in [1.29, 1.82) is 0 Å². The van der Waals surface area contributed by atoms with Gasteiger partial charge in [-0.25, -0.2) is 0 Å². The van der Waals surface area contributed by atoms with Gasteiger partial charge >= 0.3 is 0 Å². The second-order valence-electron chi connectivity index (χ2n) is 3.96. The molecule has 9 nitrogen and oxygen atoms in total. The maximum absolute atomic E-state index is 10.2. The number of aliphatic hydroxyl groups excluding tert-OH is 3. The van der Waals surface area contributed by atoms with Crippen molar-refractivity contribution in [2.75, 3.05) is 19.7 Å². The van der Waals surface area contributed by atoms with Gasteiger partial charge in [0.2, 0.25) is 0 Å². The van der Waals surface area contributed by atoms with E-state index in [1.807, 2.05) is 0 Å². The van der Waals surface area contributed by atoms with Crippen LogP contribution in [0.1, 0.15) is 6.42 Å². The first-order chi connectivity index (χ1) is 8.62. The predicted molar refractivity (Wildman–Crippen MR) is 58.6 cm³/mol. The number of hydrogen-bond donors (Lipinski definition) is 3. The van der Waals surface area contributed by atoms with Crippen LogP contribution in [0.15, 0.2) is 10.4 Å². The molecule has 1 rings (SSSR count). The molecule has 5 atom stereocenters. The van der Waals surface area contributed by atoms with Gasteiger partial charge in [0.15, 0.2) is 6.29 Å². The van der Waals surface area contributed by atoms with Gasteiger partial charge in [-0.2, -0.15) is 9.81 Å². The van der Waals surface area contributed by atoms with Crippen molar-refractivity contribution in [3.63, 3.8) is 0 Å². The fraction of sp³-hybridized carbons (Fsp3) is 1.00. The maximum atomic E-state index is 10.2. The number of nitrogens with zero attached hydrogens (tertiary/aromatic N) is 2. The van der Waals surface area contributed by atoms with Gasteiger partial charge in [0.05, 0.1) is 12.7 Å². The lowest BCUT2D eigenvalue weighted by Gasteiger charge is -2.36. The summed E-state index contributed by atoms with van der Waals surface area (Å²) in [6, 6.07) is 0. The lowest BCUT2D eigenvalue weighted by atomic mass is 10.0. The monoisotopic (exact) mass is 264 g/mol. The van der Waals surface area contributed by atoms with Crippen LogP contribution >= 0.6 is 0 Å². The first kappa shape index (κ1) is 15.1. The van der Waals surface area contributed by atoms with Crippen LogP contribution in [0.25, 0.3) is 0 Å². The largest absolute Gasteiger partial charge is 0.394 e. The molecule has 0 aromatic heterocycles. The van der Waals surface area contributed by atoms with E-state index in [2.05, 4.69) is 10.4 Å². The second-order valence-corrected chi connectivity index (χ2v) is 3.96. The molecule has 1 aliphatic heterocycles. The van der Waals surface area contributed by atoms with E-state index >= 15 is 0 Å². The van der Waals surface area contributed by atoms with E-state index in [-0.39, 0.29) is 19.5 Å². The van der Waals surface area contributed by atoms with Crippen LogP contribution in [-0.4, -0.2) is 65.7 Å². The van der Waals surface area contributed by atoms with Crippen LogP contribution in [0.2, 0.25) is 0 Å². The Balaban J connectivity index is 2.55. The minimum atomic E-state index is -1.22. The molecule has 3 N–H and O–H groups in total. The van der Waals surface area contributed by atoms with Gasteiger partial charge in [-0.15, -0.1) is 0 Å². The van der Waals surface area contributed by atoms with Gasteiger partial charge < -0.3 is 24.8 Å². The Morgan fingerprint density at radius 2 is 2.06 bits per heavy atom. The van der Waals surface area contributed by atoms with E-state index in [9.17, 15) is 20.0 Å². The van der Waals surface area contributed by atoms with Crippen molar-refractivity contribution in [2.45, 2.75) is 37.1 Å². The van der Waals surface area contributed by atoms with Gasteiger partial charge in [0, 0.05) is 6.42 Å². The minimum Gasteiger partial charge on any atom is -0.394 e. The van der Waals surface area contributed by atoms with E-state index in [1.54, 1.807) is 0 Å². The second kappa shape index (κ2) is 7.44. The van der Waals surface area contributed by atoms with Crippen LogP contribution in [0.5, 0.6) is 0 Å². The normalized spacial score (nSPS) is 33.9. The van der Waals surface area contributed by atoms with Crippen molar-refractivity contribution >= 4 is 0 Å². The lowest BCUT2D eigenvalue weighted by Crippen LogP contribution is -2.51. The third-order valence-corrected chi connectivity index (χ3v) is 2.62. The first-order valence-corrected chi connectivity index (χ1v) is 5.48. The van der Waals surface area contributed by atoms with Crippen LogP contribution < -0.4 is 0 Å². The molecule has 0 radical (unpaired) electrons. The molecule has 1 aliphatic rings. The SMILES string of the molecule is O=NCC(CO)OC1CC(O)C(O)C(CN=O)O1. The molecule has 1 saturated heterocycles. The molecule has 0 amide bonds. The number of hydrogen-bond acceptors (Lipinski definition) is 9. The van der Waals surface area contributed by atoms with Crippen molar-refractivity contribution in [3.05, 3.63) is 9.81 Å². The lowest BCUT2D eigenvalue weighted by molar-refractivity contribution is -0.262. The molecule has 18 heavy (non-hydrogen) atoms. The Labute approximate surface area is 103 Å². The molecule has 1 heterocycles. The van der Waals surface area contributed by atoms with E-state index in [0.29, 0.717) is 0 Å². The van der Waals surface area contributed by atoms with Gasteiger partial charge in [-0.05, 0) is 0 Å². The average Bonchev–Trinajstić information content (AvgIpc) is 2.35. The summed E-state index contributed by atoms with van der Waals surface area (Å²) in [6.45, 7) is -1.01. The average molecular weight is 264 g/mol. The molecule has 0 bridgehead atoms. The molecule has 0 aromatic carbocycles. The summed E-state index contributed by atoms with van der Waals surface area (Å²) >= 11 is 0. The van der Waals surface area contributed by atoms with E-state index in [1.165, 1.54) is 0 Å². The molecular weight excluding hydrogens is 248 g/mol. The van der Waals surface area contributed by atoms with Crippen molar-refractivity contribution in [1.82, 2.24) is 0 Å². The predicted octanol–water partition coefficient (Wildman–Crippen LogP) is -1.27. The van der Waals surface area contributed by atoms with E-state index < -0.39 is 37.3 Å². The highest BCUT2D eigenvalue weighted by atomic mass is 16.7. The van der Waals surface area contributed by atoms with Crippen molar-refractivity contribution in [3.8, 4) is 0 Å². The fourth-order valence-corrected chi connectivity index (χ4v) is 1.67. The molecule has 0 saturated carbocycles. The minimum absolute atomic E-state index is 0.0358. The standard InChI is InChI=1S/C9H16N2O7/c12-4-5(2-10-15)17-8-1-6(13)9(14)7(18-8)3-11-16/h5-9,12-14H,1-4H2. The fourth-order valence-electron chi connectivity index (χ4n) is 1.67. The molecule has 5 unspecified atom stereocenters. The zero-order chi connectivity index (χ0) is 13.5. The topological polar surface area (TPSA) is 138 Å². The first-order valence-electron chi connectivity index (χ1n) is 5.48. The third kappa shape index (κ3) is 4.03. The van der Waals surface area contributed by atoms with E-state index in [4.69, 9.17) is 14.6 Å². The van der Waals surface area contributed by atoms with Gasteiger partial charge in [-0.1, -0.05) is 10.4 Å². The van der Waals surface area contributed by atoms with Gasteiger partial charge in [-0.3, -0.25) is 0 Å². The Kier molecular flexibility index (Phi) is 6.22. The number of nitroso groups, excluding NO2 is 2. The van der Waals surface area contributed by atoms with Crippen molar-refractivity contribution < 1.29 is 24.8 Å². The quantitative estimate of drug-likeness (QED) is 0.487. The van der Waals surface area contributed by atoms with Crippen LogP contribution in [0, 0.1) is 9.81 Å². The van der Waals surface area contributed by atoms with Crippen LogP contribution in [0.3, 0.4) is 0 Å². The molecule has 1 fully saturated rings. The smallest absolute Gasteiger partial charge is 0.161 e. The molecule has 0 aromatic rings. The molecular formula is C9H16N2O7. The Morgan fingerprint density at radius 1 is 1.33 bits per heavy atom. The summed E-state index contributed by atoms with van der Waals surface area (Å²) in [5, 5.41) is 33.2. The highest BCUT2D eigenvalue weighted by Crippen LogP contribution is 2.22. The Hall–Kier alpha value is -1.00. The molecule has 0 spiro atoms. The highest BCUT2D eigenvalue weighted by molar-refractivity contribution is 4.84. The van der Waals surface area contributed by atoms with Crippen molar-refractivity contribution in [2.24, 2.45) is 10.4 Å². The summed E-state index contributed by atoms with van der Waals surface area (Å²) in [5.74, 6) is 0.